The molecule has 1 aromatic heterocycles. The second kappa shape index (κ2) is 5.59. The van der Waals surface area contributed by atoms with Gasteiger partial charge in [0.2, 0.25) is 0 Å². The first-order valence-electron chi connectivity index (χ1n) is 5.70. The Morgan fingerprint density at radius 1 is 1.40 bits per heavy atom. The molecule has 0 atom stereocenters. The summed E-state index contributed by atoms with van der Waals surface area (Å²) in [6, 6.07) is 2.07. The summed E-state index contributed by atoms with van der Waals surface area (Å²) >= 11 is 0. The molecule has 1 rings (SSSR count). The molecular weight excluding hydrogens is 186 g/mol. The number of hydrogen-bond acceptors (Lipinski definition) is 2. The largest absolute Gasteiger partial charge is 0.347 e. The Morgan fingerprint density at radius 2 is 2.07 bits per heavy atom. The van der Waals surface area contributed by atoms with Crippen LogP contribution in [0.4, 0.5) is 5.82 Å². The predicted molar refractivity (Wildman–Crippen MR) is 64.9 cm³/mol. The van der Waals surface area contributed by atoms with Crippen molar-refractivity contribution in [3.63, 3.8) is 0 Å². The summed E-state index contributed by atoms with van der Waals surface area (Å²) in [6.45, 7) is 9.37. The third-order valence-corrected chi connectivity index (χ3v) is 2.53. The Morgan fingerprint density at radius 3 is 2.60 bits per heavy atom. The van der Waals surface area contributed by atoms with Gasteiger partial charge in [0.1, 0.15) is 5.82 Å². The number of rotatable bonds is 5. The van der Waals surface area contributed by atoms with Crippen LogP contribution in [0, 0.1) is 6.92 Å². The zero-order chi connectivity index (χ0) is 11.3. The topological polar surface area (TPSA) is 29.9 Å². The van der Waals surface area contributed by atoms with Crippen molar-refractivity contribution in [2.75, 3.05) is 5.32 Å². The van der Waals surface area contributed by atoms with Crippen molar-refractivity contribution in [3.05, 3.63) is 23.5 Å². The van der Waals surface area contributed by atoms with Crippen LogP contribution in [0.25, 0.3) is 0 Å². The van der Waals surface area contributed by atoms with Crippen molar-refractivity contribution in [3.8, 4) is 0 Å². The SMILES string of the molecule is CCC(=CNc1cc(C)nn1CC)CC. The van der Waals surface area contributed by atoms with Gasteiger partial charge in [-0.15, -0.1) is 0 Å². The first-order valence-corrected chi connectivity index (χ1v) is 5.70. The molecule has 0 radical (unpaired) electrons. The number of anilines is 1. The molecule has 1 aromatic rings. The summed E-state index contributed by atoms with van der Waals surface area (Å²) in [5, 5.41) is 7.71. The van der Waals surface area contributed by atoms with E-state index in [9.17, 15) is 0 Å². The van der Waals surface area contributed by atoms with Gasteiger partial charge in [0.25, 0.3) is 0 Å². The average molecular weight is 207 g/mol. The molecule has 0 aliphatic heterocycles. The highest BCUT2D eigenvalue weighted by Crippen LogP contribution is 2.12. The Balaban J connectivity index is 2.75. The van der Waals surface area contributed by atoms with Crippen LogP contribution in [0.2, 0.25) is 0 Å². The minimum Gasteiger partial charge on any atom is -0.347 e. The van der Waals surface area contributed by atoms with Crippen LogP contribution in [0.3, 0.4) is 0 Å². The number of nitrogens with one attached hydrogen (secondary N) is 1. The molecule has 0 aliphatic rings. The highest BCUT2D eigenvalue weighted by molar-refractivity contribution is 5.40. The van der Waals surface area contributed by atoms with Crippen LogP contribution < -0.4 is 5.32 Å². The first-order chi connectivity index (χ1) is 7.21. The maximum atomic E-state index is 4.38. The Labute approximate surface area is 92.2 Å². The van der Waals surface area contributed by atoms with Gasteiger partial charge in [0.15, 0.2) is 0 Å². The van der Waals surface area contributed by atoms with Gasteiger partial charge in [-0.1, -0.05) is 19.4 Å². The standard InChI is InChI=1S/C12H21N3/c1-5-11(6-2)9-13-12-8-10(4)14-15(12)7-3/h8-9,13H,5-7H2,1-4H3. The quantitative estimate of drug-likeness (QED) is 0.802. The van der Waals surface area contributed by atoms with Crippen molar-refractivity contribution in [2.24, 2.45) is 0 Å². The van der Waals surface area contributed by atoms with Crippen molar-refractivity contribution in [1.29, 1.82) is 0 Å². The minimum atomic E-state index is 0.900. The maximum absolute atomic E-state index is 4.38. The number of allylic oxidation sites excluding steroid dienone is 1. The summed E-state index contributed by atoms with van der Waals surface area (Å²) in [7, 11) is 0. The fourth-order valence-corrected chi connectivity index (χ4v) is 1.53. The lowest BCUT2D eigenvalue weighted by Gasteiger charge is -2.05. The van der Waals surface area contributed by atoms with Crippen molar-refractivity contribution < 1.29 is 0 Å². The lowest BCUT2D eigenvalue weighted by Crippen LogP contribution is -2.02. The third kappa shape index (κ3) is 3.11. The molecular formula is C12H21N3. The van der Waals surface area contributed by atoms with Gasteiger partial charge in [-0.25, -0.2) is 4.68 Å². The molecule has 0 bridgehead atoms. The number of aryl methyl sites for hydroxylation is 2. The van der Waals surface area contributed by atoms with Crippen LogP contribution in [-0.2, 0) is 6.54 Å². The Bertz CT molecular complexity index is 331. The molecule has 0 saturated carbocycles. The molecule has 0 aliphatic carbocycles. The maximum Gasteiger partial charge on any atom is 0.128 e. The predicted octanol–water partition coefficient (Wildman–Crippen LogP) is 3.33. The van der Waals surface area contributed by atoms with Crippen molar-refractivity contribution in [1.82, 2.24) is 9.78 Å². The number of aromatic nitrogens is 2. The molecule has 1 N–H and O–H groups in total. The molecule has 0 spiro atoms. The molecule has 0 unspecified atom stereocenters. The molecule has 0 aromatic carbocycles. The monoisotopic (exact) mass is 207 g/mol. The Hall–Kier alpha value is -1.25. The minimum absolute atomic E-state index is 0.900. The van der Waals surface area contributed by atoms with E-state index in [1.165, 1.54) is 5.57 Å². The fourth-order valence-electron chi connectivity index (χ4n) is 1.53. The third-order valence-electron chi connectivity index (χ3n) is 2.53. The van der Waals surface area contributed by atoms with Gasteiger partial charge in [0, 0.05) is 18.8 Å². The van der Waals surface area contributed by atoms with E-state index in [4.69, 9.17) is 0 Å². The lowest BCUT2D eigenvalue weighted by atomic mass is 10.2. The van der Waals surface area contributed by atoms with Crippen LogP contribution in [0.5, 0.6) is 0 Å². The van der Waals surface area contributed by atoms with Crippen molar-refractivity contribution >= 4 is 5.82 Å². The summed E-state index contributed by atoms with van der Waals surface area (Å²) < 4.78 is 1.98. The zero-order valence-corrected chi connectivity index (χ0v) is 10.2. The van der Waals surface area contributed by atoms with E-state index in [1.54, 1.807) is 0 Å². The molecule has 0 amide bonds. The van der Waals surface area contributed by atoms with Crippen LogP contribution >= 0.6 is 0 Å². The molecule has 0 saturated heterocycles. The van der Waals surface area contributed by atoms with E-state index in [2.05, 4.69) is 43.5 Å². The van der Waals surface area contributed by atoms with E-state index in [1.807, 2.05) is 11.6 Å². The number of nitrogens with zero attached hydrogens (tertiary/aromatic N) is 2. The highest BCUT2D eigenvalue weighted by Gasteiger charge is 2.01. The van der Waals surface area contributed by atoms with Gasteiger partial charge in [-0.2, -0.15) is 5.10 Å². The number of hydrogen-bond donors (Lipinski definition) is 1. The van der Waals surface area contributed by atoms with Gasteiger partial charge in [0.05, 0.1) is 5.69 Å². The second-order valence-electron chi connectivity index (χ2n) is 3.64. The molecule has 3 nitrogen and oxygen atoms in total. The molecule has 0 fully saturated rings. The van der Waals surface area contributed by atoms with E-state index in [0.29, 0.717) is 0 Å². The fraction of sp³-hybridized carbons (Fsp3) is 0.583. The molecule has 15 heavy (non-hydrogen) atoms. The van der Waals surface area contributed by atoms with E-state index >= 15 is 0 Å². The van der Waals surface area contributed by atoms with Gasteiger partial charge >= 0.3 is 0 Å². The molecule has 3 heteroatoms. The molecule has 1 heterocycles. The van der Waals surface area contributed by atoms with Gasteiger partial charge in [-0.3, -0.25) is 0 Å². The molecule has 84 valence electrons. The second-order valence-corrected chi connectivity index (χ2v) is 3.64. The average Bonchev–Trinajstić information content (AvgIpc) is 2.60. The lowest BCUT2D eigenvalue weighted by molar-refractivity contribution is 0.661. The van der Waals surface area contributed by atoms with Crippen LogP contribution in [-0.4, -0.2) is 9.78 Å². The first kappa shape index (κ1) is 11.8. The summed E-state index contributed by atoms with van der Waals surface area (Å²) in [4.78, 5) is 0. The van der Waals surface area contributed by atoms with E-state index < -0.39 is 0 Å². The van der Waals surface area contributed by atoms with E-state index in [0.717, 1.165) is 30.9 Å². The van der Waals surface area contributed by atoms with Gasteiger partial charge < -0.3 is 5.32 Å². The normalized spacial score (nSPS) is 10.1. The van der Waals surface area contributed by atoms with Gasteiger partial charge in [-0.05, 0) is 26.7 Å². The van der Waals surface area contributed by atoms with Crippen LogP contribution in [0.15, 0.2) is 17.8 Å². The highest BCUT2D eigenvalue weighted by atomic mass is 15.3. The summed E-state index contributed by atoms with van der Waals surface area (Å²) in [5.41, 5.74) is 2.49. The van der Waals surface area contributed by atoms with Crippen molar-refractivity contribution in [2.45, 2.75) is 47.1 Å². The summed E-state index contributed by atoms with van der Waals surface area (Å²) in [5.74, 6) is 1.08. The van der Waals surface area contributed by atoms with E-state index in [-0.39, 0.29) is 0 Å². The van der Waals surface area contributed by atoms with Crippen LogP contribution in [0.1, 0.15) is 39.3 Å². The zero-order valence-electron chi connectivity index (χ0n) is 10.2. The summed E-state index contributed by atoms with van der Waals surface area (Å²) in [6.07, 6.45) is 4.30. The Kier molecular flexibility index (Phi) is 4.40. The smallest absolute Gasteiger partial charge is 0.128 e.